The summed E-state index contributed by atoms with van der Waals surface area (Å²) in [5.41, 5.74) is 8.43. The number of carbonyl (C=O) groups excluding carboxylic acids is 2. The highest BCUT2D eigenvalue weighted by Crippen LogP contribution is 2.24. The molecule has 1 saturated carbocycles. The summed E-state index contributed by atoms with van der Waals surface area (Å²) in [6.45, 7) is 0. The van der Waals surface area contributed by atoms with Crippen LogP contribution in [0.3, 0.4) is 0 Å². The molecule has 0 atom stereocenters. The van der Waals surface area contributed by atoms with Crippen LogP contribution in [-0.2, 0) is 11.2 Å². The van der Waals surface area contributed by atoms with Gasteiger partial charge in [-0.15, -0.1) is 0 Å². The summed E-state index contributed by atoms with van der Waals surface area (Å²) in [5.74, 6) is -0.347. The summed E-state index contributed by atoms with van der Waals surface area (Å²) in [6, 6.07) is 12.6. The van der Waals surface area contributed by atoms with Gasteiger partial charge in [0, 0.05) is 23.8 Å². The van der Waals surface area contributed by atoms with Gasteiger partial charge in [0.05, 0.1) is 10.6 Å². The van der Waals surface area contributed by atoms with Gasteiger partial charge in [-0.1, -0.05) is 29.8 Å². The van der Waals surface area contributed by atoms with Crippen molar-refractivity contribution in [2.45, 2.75) is 31.7 Å². The predicted molar refractivity (Wildman–Crippen MR) is 99.7 cm³/mol. The molecule has 0 aromatic heterocycles. The number of amides is 2. The van der Waals surface area contributed by atoms with E-state index in [2.05, 4.69) is 10.6 Å². The molecule has 2 amide bonds. The van der Waals surface area contributed by atoms with Gasteiger partial charge >= 0.3 is 0 Å². The fraction of sp³-hybridized carbons (Fsp3) is 0.263. The molecule has 0 aliphatic heterocycles. The highest BCUT2D eigenvalue weighted by atomic mass is 35.5. The van der Waals surface area contributed by atoms with Gasteiger partial charge in [-0.05, 0) is 49.1 Å². The van der Waals surface area contributed by atoms with Crippen molar-refractivity contribution in [2.24, 2.45) is 0 Å². The van der Waals surface area contributed by atoms with E-state index < -0.39 is 0 Å². The number of carbonyl (C=O) groups is 2. The van der Waals surface area contributed by atoms with Crippen LogP contribution in [0, 0.1) is 0 Å². The molecule has 4 N–H and O–H groups in total. The van der Waals surface area contributed by atoms with E-state index >= 15 is 0 Å². The molecule has 0 heterocycles. The molecule has 1 aliphatic rings. The van der Waals surface area contributed by atoms with Crippen LogP contribution >= 0.6 is 11.6 Å². The fourth-order valence-electron chi connectivity index (χ4n) is 2.50. The topological polar surface area (TPSA) is 84.2 Å². The van der Waals surface area contributed by atoms with Crippen LogP contribution in [-0.4, -0.2) is 17.9 Å². The Bertz CT molecular complexity index is 803. The third-order valence-electron chi connectivity index (χ3n) is 4.08. The predicted octanol–water partition coefficient (Wildman–Crippen LogP) is 3.39. The molecule has 25 heavy (non-hydrogen) atoms. The SMILES string of the molecule is Nc1ccccc1CCC(=O)Nc1ccc(Cl)c(C(=O)NC2CC2)c1. The summed E-state index contributed by atoms with van der Waals surface area (Å²) < 4.78 is 0. The largest absolute Gasteiger partial charge is 0.399 e. The van der Waals surface area contributed by atoms with Crippen LogP contribution in [0.1, 0.15) is 35.2 Å². The van der Waals surface area contributed by atoms with Crippen molar-refractivity contribution in [3.05, 3.63) is 58.6 Å². The van der Waals surface area contributed by atoms with E-state index in [1.165, 1.54) is 0 Å². The number of nitrogens with two attached hydrogens (primary N) is 1. The van der Waals surface area contributed by atoms with Crippen molar-refractivity contribution in [3.63, 3.8) is 0 Å². The first-order valence-corrected chi connectivity index (χ1v) is 8.64. The third-order valence-corrected chi connectivity index (χ3v) is 4.41. The van der Waals surface area contributed by atoms with Crippen molar-refractivity contribution in [1.29, 1.82) is 0 Å². The van der Waals surface area contributed by atoms with Gasteiger partial charge in [-0.3, -0.25) is 9.59 Å². The molecule has 2 aromatic rings. The maximum absolute atomic E-state index is 12.2. The third kappa shape index (κ3) is 4.73. The normalized spacial score (nSPS) is 13.3. The lowest BCUT2D eigenvalue weighted by atomic mass is 10.1. The fourth-order valence-corrected chi connectivity index (χ4v) is 2.70. The monoisotopic (exact) mass is 357 g/mol. The summed E-state index contributed by atoms with van der Waals surface area (Å²) in [5, 5.41) is 6.07. The molecule has 2 aromatic carbocycles. The number of rotatable bonds is 6. The van der Waals surface area contributed by atoms with Crippen molar-refractivity contribution in [2.75, 3.05) is 11.1 Å². The van der Waals surface area contributed by atoms with E-state index in [0.29, 0.717) is 34.8 Å². The molecule has 0 bridgehead atoms. The first-order valence-electron chi connectivity index (χ1n) is 8.26. The minimum atomic E-state index is -0.208. The summed E-state index contributed by atoms with van der Waals surface area (Å²) in [6.07, 6.45) is 2.87. The zero-order chi connectivity index (χ0) is 17.8. The van der Waals surface area contributed by atoms with Crippen LogP contribution in [0.5, 0.6) is 0 Å². The molecular weight excluding hydrogens is 338 g/mol. The van der Waals surface area contributed by atoms with Gasteiger partial charge in [0.2, 0.25) is 5.91 Å². The second kappa shape index (κ2) is 7.57. The van der Waals surface area contributed by atoms with E-state index in [9.17, 15) is 9.59 Å². The Labute approximate surface area is 151 Å². The summed E-state index contributed by atoms with van der Waals surface area (Å²) in [4.78, 5) is 24.3. The highest BCUT2D eigenvalue weighted by molar-refractivity contribution is 6.34. The highest BCUT2D eigenvalue weighted by Gasteiger charge is 2.24. The summed E-state index contributed by atoms with van der Waals surface area (Å²) >= 11 is 6.10. The molecule has 6 heteroatoms. The molecule has 130 valence electrons. The number of halogens is 1. The number of hydrogen-bond acceptors (Lipinski definition) is 3. The van der Waals surface area contributed by atoms with Crippen LogP contribution < -0.4 is 16.4 Å². The van der Waals surface area contributed by atoms with Crippen molar-refractivity contribution < 1.29 is 9.59 Å². The van der Waals surface area contributed by atoms with Gasteiger partial charge in [0.15, 0.2) is 0 Å². The van der Waals surface area contributed by atoms with Gasteiger partial charge in [-0.25, -0.2) is 0 Å². The first-order chi connectivity index (χ1) is 12.0. The van der Waals surface area contributed by atoms with Gasteiger partial charge in [-0.2, -0.15) is 0 Å². The second-order valence-corrected chi connectivity index (χ2v) is 6.60. The smallest absolute Gasteiger partial charge is 0.253 e. The van der Waals surface area contributed by atoms with E-state index in [4.69, 9.17) is 17.3 Å². The van der Waals surface area contributed by atoms with Gasteiger partial charge < -0.3 is 16.4 Å². The zero-order valence-electron chi connectivity index (χ0n) is 13.7. The van der Waals surface area contributed by atoms with E-state index in [1.54, 1.807) is 18.2 Å². The average Bonchev–Trinajstić information content (AvgIpc) is 3.40. The lowest BCUT2D eigenvalue weighted by Gasteiger charge is -2.10. The Morgan fingerprint density at radius 1 is 1.16 bits per heavy atom. The van der Waals surface area contributed by atoms with E-state index in [-0.39, 0.29) is 17.9 Å². The van der Waals surface area contributed by atoms with Crippen molar-refractivity contribution in [1.82, 2.24) is 5.32 Å². The quantitative estimate of drug-likeness (QED) is 0.693. The maximum atomic E-state index is 12.2. The van der Waals surface area contributed by atoms with Crippen LogP contribution in [0.2, 0.25) is 5.02 Å². The number of anilines is 2. The Morgan fingerprint density at radius 2 is 1.92 bits per heavy atom. The summed E-state index contributed by atoms with van der Waals surface area (Å²) in [7, 11) is 0. The first kappa shape index (κ1) is 17.3. The lowest BCUT2D eigenvalue weighted by molar-refractivity contribution is -0.116. The maximum Gasteiger partial charge on any atom is 0.253 e. The number of para-hydroxylation sites is 1. The minimum absolute atomic E-state index is 0.140. The Morgan fingerprint density at radius 3 is 2.64 bits per heavy atom. The van der Waals surface area contributed by atoms with Crippen LogP contribution in [0.4, 0.5) is 11.4 Å². The number of nitrogens with one attached hydrogen (secondary N) is 2. The van der Waals surface area contributed by atoms with E-state index in [1.807, 2.05) is 24.3 Å². The molecule has 1 aliphatic carbocycles. The van der Waals surface area contributed by atoms with Gasteiger partial charge in [0.25, 0.3) is 5.91 Å². The van der Waals surface area contributed by atoms with Crippen LogP contribution in [0.25, 0.3) is 0 Å². The number of aryl methyl sites for hydroxylation is 1. The average molecular weight is 358 g/mol. The van der Waals surface area contributed by atoms with Gasteiger partial charge in [0.1, 0.15) is 0 Å². The molecule has 0 unspecified atom stereocenters. The van der Waals surface area contributed by atoms with Crippen LogP contribution in [0.15, 0.2) is 42.5 Å². The molecule has 0 spiro atoms. The lowest BCUT2D eigenvalue weighted by Crippen LogP contribution is -2.25. The zero-order valence-corrected chi connectivity index (χ0v) is 14.5. The molecular formula is C19H20ClN3O2. The standard InChI is InChI=1S/C19H20ClN3O2/c20-16-9-8-14(11-15(16)19(25)23-13-6-7-13)22-18(24)10-5-12-3-1-2-4-17(12)21/h1-4,8-9,11,13H,5-7,10,21H2,(H,22,24)(H,23,25). The Balaban J connectivity index is 1.61. The Kier molecular flexibility index (Phi) is 5.24. The molecule has 0 radical (unpaired) electrons. The number of nitrogen functional groups attached to an aromatic ring is 1. The number of hydrogen-bond donors (Lipinski definition) is 3. The van der Waals surface area contributed by atoms with Crippen molar-refractivity contribution in [3.8, 4) is 0 Å². The molecule has 0 saturated heterocycles. The molecule has 5 nitrogen and oxygen atoms in total. The number of benzene rings is 2. The Hall–Kier alpha value is -2.53. The molecule has 1 fully saturated rings. The van der Waals surface area contributed by atoms with Crippen molar-refractivity contribution >= 4 is 34.8 Å². The minimum Gasteiger partial charge on any atom is -0.399 e. The van der Waals surface area contributed by atoms with E-state index in [0.717, 1.165) is 18.4 Å². The second-order valence-electron chi connectivity index (χ2n) is 6.19. The molecule has 3 rings (SSSR count).